The Bertz CT molecular complexity index is 480. The van der Waals surface area contributed by atoms with Crippen LogP contribution in [-0.4, -0.2) is 31.0 Å². The first kappa shape index (κ1) is 17.5. The van der Waals surface area contributed by atoms with Crippen LogP contribution in [0.3, 0.4) is 0 Å². The number of carbonyl (C=O) groups is 1. The van der Waals surface area contributed by atoms with Crippen molar-refractivity contribution in [2.45, 2.75) is 12.2 Å². The molecule has 1 N–H and O–H groups in total. The van der Waals surface area contributed by atoms with Gasteiger partial charge in [-0.3, -0.25) is 4.79 Å². The highest BCUT2D eigenvalue weighted by Crippen LogP contribution is 2.35. The number of rotatable bonds is 5. The molecule has 0 saturated carbocycles. The fraction of sp³-hybridized carbons (Fsp3) is 0.417. The molecule has 1 atom stereocenters. The molecule has 1 aromatic carbocycles. The van der Waals surface area contributed by atoms with Crippen molar-refractivity contribution in [1.82, 2.24) is 5.32 Å². The highest BCUT2D eigenvalue weighted by molar-refractivity contribution is 9.10. The Balaban J connectivity index is 2.94. The van der Waals surface area contributed by atoms with Crippen molar-refractivity contribution in [3.05, 3.63) is 33.8 Å². The molecule has 0 aliphatic heterocycles. The van der Waals surface area contributed by atoms with Gasteiger partial charge in [-0.25, -0.2) is 0 Å². The lowest BCUT2D eigenvalue weighted by Gasteiger charge is -2.16. The number of nitrogens with one attached hydrogen (secondary N) is 1. The summed E-state index contributed by atoms with van der Waals surface area (Å²) in [6, 6.07) is 3.03. The third-order valence-corrected chi connectivity index (χ3v) is 3.90. The van der Waals surface area contributed by atoms with E-state index in [0.717, 1.165) is 6.07 Å². The maximum atomic E-state index is 12.8. The molecule has 0 bridgehead atoms. The van der Waals surface area contributed by atoms with Crippen molar-refractivity contribution in [3.8, 4) is 0 Å². The zero-order chi connectivity index (χ0) is 15.3. The molecule has 1 rings (SSSR count). The van der Waals surface area contributed by atoms with Crippen LogP contribution in [0.25, 0.3) is 0 Å². The fourth-order valence-electron chi connectivity index (χ4n) is 1.48. The van der Waals surface area contributed by atoms with E-state index in [1.54, 1.807) is 0 Å². The first-order chi connectivity index (χ1) is 9.29. The molecule has 0 radical (unpaired) electrons. The molecule has 20 heavy (non-hydrogen) atoms. The van der Waals surface area contributed by atoms with Gasteiger partial charge in [-0.2, -0.15) is 13.2 Å². The summed E-state index contributed by atoms with van der Waals surface area (Å²) in [7, 11) is 1.48. The van der Waals surface area contributed by atoms with Crippen LogP contribution in [0.15, 0.2) is 22.7 Å². The summed E-state index contributed by atoms with van der Waals surface area (Å²) in [5.41, 5.74) is -0.935. The Morgan fingerprint density at radius 1 is 1.45 bits per heavy atom. The fourth-order valence-corrected chi connectivity index (χ4v) is 2.30. The number of ether oxygens (including phenoxy) is 1. The van der Waals surface area contributed by atoms with Crippen LogP contribution in [0.5, 0.6) is 0 Å². The minimum atomic E-state index is -4.52. The van der Waals surface area contributed by atoms with E-state index in [2.05, 4.69) is 37.2 Å². The Labute approximate surface area is 131 Å². The number of halogens is 5. The molecule has 1 aromatic rings. The van der Waals surface area contributed by atoms with Gasteiger partial charge < -0.3 is 10.1 Å². The summed E-state index contributed by atoms with van der Waals surface area (Å²) in [6.45, 7) is 0.264. The largest absolute Gasteiger partial charge is 0.417 e. The third kappa shape index (κ3) is 4.75. The number of hydrogen-bond donors (Lipinski definition) is 1. The molecule has 0 spiro atoms. The molecule has 112 valence electrons. The smallest absolute Gasteiger partial charge is 0.383 e. The molecular formula is C12H12Br2F3NO2. The zero-order valence-electron chi connectivity index (χ0n) is 10.4. The van der Waals surface area contributed by atoms with Crippen molar-refractivity contribution < 1.29 is 22.7 Å². The van der Waals surface area contributed by atoms with E-state index < -0.39 is 17.6 Å². The van der Waals surface area contributed by atoms with E-state index in [4.69, 9.17) is 4.74 Å². The van der Waals surface area contributed by atoms with Gasteiger partial charge in [0.2, 0.25) is 0 Å². The summed E-state index contributed by atoms with van der Waals surface area (Å²) in [6.07, 6.45) is -4.52. The molecule has 8 heteroatoms. The van der Waals surface area contributed by atoms with Crippen LogP contribution in [0.2, 0.25) is 0 Å². The quantitative estimate of drug-likeness (QED) is 0.742. The average Bonchev–Trinajstić information content (AvgIpc) is 2.37. The van der Waals surface area contributed by atoms with E-state index in [1.807, 2.05) is 0 Å². The molecule has 1 unspecified atom stereocenters. The number of hydrogen-bond acceptors (Lipinski definition) is 2. The van der Waals surface area contributed by atoms with Gasteiger partial charge >= 0.3 is 6.18 Å². The maximum Gasteiger partial charge on any atom is 0.417 e. The van der Waals surface area contributed by atoms with Gasteiger partial charge in [-0.1, -0.05) is 31.9 Å². The predicted octanol–water partition coefficient (Wildman–Crippen LogP) is 3.61. The Morgan fingerprint density at radius 2 is 2.10 bits per heavy atom. The van der Waals surface area contributed by atoms with Crippen LogP contribution in [-0.2, 0) is 10.9 Å². The van der Waals surface area contributed by atoms with Gasteiger partial charge in [-0.15, -0.1) is 0 Å². The van der Waals surface area contributed by atoms with Crippen LogP contribution in [0, 0.1) is 0 Å². The average molecular weight is 419 g/mol. The van der Waals surface area contributed by atoms with Crippen molar-refractivity contribution in [2.75, 3.05) is 19.0 Å². The van der Waals surface area contributed by atoms with Crippen LogP contribution in [0.4, 0.5) is 13.2 Å². The second kappa shape index (κ2) is 7.42. The topological polar surface area (TPSA) is 38.3 Å². The number of methoxy groups -OCH3 is 1. The number of alkyl halides is 4. The Morgan fingerprint density at radius 3 is 2.60 bits per heavy atom. The van der Waals surface area contributed by atoms with Gasteiger partial charge in [0.05, 0.1) is 18.2 Å². The predicted molar refractivity (Wildman–Crippen MR) is 76.1 cm³/mol. The van der Waals surface area contributed by atoms with E-state index in [0.29, 0.717) is 5.33 Å². The summed E-state index contributed by atoms with van der Waals surface area (Å²) < 4.78 is 43.1. The van der Waals surface area contributed by atoms with E-state index in [9.17, 15) is 18.0 Å². The Kier molecular flexibility index (Phi) is 6.47. The summed E-state index contributed by atoms with van der Waals surface area (Å²) in [5, 5.41) is 3.03. The molecule has 1 amide bonds. The second-order valence-electron chi connectivity index (χ2n) is 3.97. The minimum absolute atomic E-state index is 0.0532. The lowest BCUT2D eigenvalue weighted by molar-refractivity contribution is -0.138. The van der Waals surface area contributed by atoms with Gasteiger partial charge in [0.1, 0.15) is 0 Å². The normalized spacial score (nSPS) is 13.1. The monoisotopic (exact) mass is 417 g/mol. The SMILES string of the molecule is COCC(CBr)NC(=O)c1ccc(Br)c(C(F)(F)F)c1. The first-order valence-electron chi connectivity index (χ1n) is 5.52. The number of benzene rings is 1. The molecule has 0 aliphatic carbocycles. The molecule has 0 aromatic heterocycles. The van der Waals surface area contributed by atoms with Crippen LogP contribution >= 0.6 is 31.9 Å². The van der Waals surface area contributed by atoms with E-state index >= 15 is 0 Å². The maximum absolute atomic E-state index is 12.8. The Hall–Kier alpha value is -0.600. The zero-order valence-corrected chi connectivity index (χ0v) is 13.6. The molecule has 0 saturated heterocycles. The van der Waals surface area contributed by atoms with Gasteiger partial charge in [0.15, 0.2) is 0 Å². The third-order valence-electron chi connectivity index (χ3n) is 2.42. The molecular weight excluding hydrogens is 407 g/mol. The van der Waals surface area contributed by atoms with Crippen molar-refractivity contribution in [2.24, 2.45) is 0 Å². The number of carbonyl (C=O) groups excluding carboxylic acids is 1. The lowest BCUT2D eigenvalue weighted by atomic mass is 10.1. The molecule has 0 aliphatic rings. The summed E-state index contributed by atoms with van der Waals surface area (Å²) in [4.78, 5) is 11.9. The first-order valence-corrected chi connectivity index (χ1v) is 7.43. The highest BCUT2D eigenvalue weighted by atomic mass is 79.9. The van der Waals surface area contributed by atoms with Crippen molar-refractivity contribution >= 4 is 37.8 Å². The highest BCUT2D eigenvalue weighted by Gasteiger charge is 2.33. The van der Waals surface area contributed by atoms with Crippen molar-refractivity contribution in [3.63, 3.8) is 0 Å². The van der Waals surface area contributed by atoms with Crippen LogP contribution in [0.1, 0.15) is 15.9 Å². The molecule has 0 fully saturated rings. The lowest BCUT2D eigenvalue weighted by Crippen LogP contribution is -2.39. The van der Waals surface area contributed by atoms with Crippen LogP contribution < -0.4 is 5.32 Å². The molecule has 3 nitrogen and oxygen atoms in total. The van der Waals surface area contributed by atoms with Crippen molar-refractivity contribution in [1.29, 1.82) is 0 Å². The summed E-state index contributed by atoms with van der Waals surface area (Å²) in [5.74, 6) is -0.579. The minimum Gasteiger partial charge on any atom is -0.383 e. The van der Waals surface area contributed by atoms with E-state index in [1.165, 1.54) is 19.2 Å². The van der Waals surface area contributed by atoms with Gasteiger partial charge in [0, 0.05) is 22.5 Å². The summed E-state index contributed by atoms with van der Waals surface area (Å²) >= 11 is 6.02. The molecule has 0 heterocycles. The van der Waals surface area contributed by atoms with E-state index in [-0.39, 0.29) is 22.7 Å². The number of amides is 1. The van der Waals surface area contributed by atoms with Gasteiger partial charge in [-0.05, 0) is 18.2 Å². The standard InChI is InChI=1S/C12H12Br2F3NO2/c1-20-6-8(5-13)18-11(19)7-2-3-10(14)9(4-7)12(15,16)17/h2-4,8H,5-6H2,1H3,(H,18,19). The van der Waals surface area contributed by atoms with Gasteiger partial charge in [0.25, 0.3) is 5.91 Å². The second-order valence-corrected chi connectivity index (χ2v) is 5.47.